The minimum absolute atomic E-state index is 0.0676. The smallest absolute Gasteiger partial charge is 0.239 e. The lowest BCUT2D eigenvalue weighted by atomic mass is 10.1. The standard InChI is InChI=1S/C16H19N3O/c1-12-16(20)18(2)9-10-19(12)11-14-8-7-13-5-3-4-6-15(13)17-14/h3-8,12H,9-11H2,1-2H3. The summed E-state index contributed by atoms with van der Waals surface area (Å²) in [6.07, 6.45) is 0. The van der Waals surface area contributed by atoms with E-state index in [1.165, 1.54) is 0 Å². The van der Waals surface area contributed by atoms with Crippen LogP contribution in [-0.4, -0.2) is 46.9 Å². The molecule has 1 atom stereocenters. The Kier molecular flexibility index (Phi) is 3.40. The van der Waals surface area contributed by atoms with Gasteiger partial charge in [0, 0.05) is 32.1 Å². The SMILES string of the molecule is CC1C(=O)N(C)CCN1Cc1ccc2ccccc2n1. The van der Waals surface area contributed by atoms with Crippen molar-refractivity contribution in [3.63, 3.8) is 0 Å². The van der Waals surface area contributed by atoms with Crippen LogP contribution in [0.2, 0.25) is 0 Å². The number of para-hydroxylation sites is 1. The largest absolute Gasteiger partial charge is 0.343 e. The van der Waals surface area contributed by atoms with Crippen LogP contribution in [-0.2, 0) is 11.3 Å². The first-order chi connectivity index (χ1) is 9.65. The molecule has 0 spiro atoms. The van der Waals surface area contributed by atoms with Crippen LogP contribution in [0.5, 0.6) is 0 Å². The number of hydrogen-bond donors (Lipinski definition) is 0. The Morgan fingerprint density at radius 2 is 2.00 bits per heavy atom. The summed E-state index contributed by atoms with van der Waals surface area (Å²) in [6, 6.07) is 12.2. The van der Waals surface area contributed by atoms with E-state index in [0.29, 0.717) is 0 Å². The Bertz CT molecular complexity index is 640. The first-order valence-electron chi connectivity index (χ1n) is 6.99. The zero-order valence-electron chi connectivity index (χ0n) is 11.9. The van der Waals surface area contributed by atoms with Gasteiger partial charge in [-0.05, 0) is 19.1 Å². The molecular formula is C16H19N3O. The van der Waals surface area contributed by atoms with E-state index in [1.807, 2.05) is 32.2 Å². The van der Waals surface area contributed by atoms with Crippen LogP contribution < -0.4 is 0 Å². The lowest BCUT2D eigenvalue weighted by molar-refractivity contribution is -0.139. The summed E-state index contributed by atoms with van der Waals surface area (Å²) < 4.78 is 0. The van der Waals surface area contributed by atoms with E-state index in [0.717, 1.165) is 36.2 Å². The molecule has 1 aromatic heterocycles. The Balaban J connectivity index is 1.80. The maximum Gasteiger partial charge on any atom is 0.239 e. The minimum atomic E-state index is -0.0676. The summed E-state index contributed by atoms with van der Waals surface area (Å²) in [5.74, 6) is 0.192. The van der Waals surface area contributed by atoms with E-state index < -0.39 is 0 Å². The van der Waals surface area contributed by atoms with Gasteiger partial charge in [0.05, 0.1) is 17.3 Å². The van der Waals surface area contributed by atoms with Crippen molar-refractivity contribution in [2.75, 3.05) is 20.1 Å². The highest BCUT2D eigenvalue weighted by atomic mass is 16.2. The number of amides is 1. The number of pyridine rings is 1. The van der Waals surface area contributed by atoms with Gasteiger partial charge < -0.3 is 4.90 Å². The van der Waals surface area contributed by atoms with Gasteiger partial charge in [-0.2, -0.15) is 0 Å². The fourth-order valence-corrected chi connectivity index (χ4v) is 2.68. The minimum Gasteiger partial charge on any atom is -0.343 e. The number of fused-ring (bicyclic) bond motifs is 1. The highest BCUT2D eigenvalue weighted by molar-refractivity contribution is 5.82. The van der Waals surface area contributed by atoms with E-state index in [4.69, 9.17) is 0 Å². The lowest BCUT2D eigenvalue weighted by Gasteiger charge is -2.37. The lowest BCUT2D eigenvalue weighted by Crippen LogP contribution is -2.53. The third-order valence-corrected chi connectivity index (χ3v) is 4.03. The molecule has 104 valence electrons. The first-order valence-corrected chi connectivity index (χ1v) is 6.99. The molecular weight excluding hydrogens is 250 g/mol. The number of aromatic nitrogens is 1. The van der Waals surface area contributed by atoms with Gasteiger partial charge in [-0.1, -0.05) is 24.3 Å². The van der Waals surface area contributed by atoms with Crippen molar-refractivity contribution in [3.05, 3.63) is 42.1 Å². The van der Waals surface area contributed by atoms with Crippen LogP contribution in [0.1, 0.15) is 12.6 Å². The van der Waals surface area contributed by atoms with Crippen LogP contribution >= 0.6 is 0 Å². The number of hydrogen-bond acceptors (Lipinski definition) is 3. The van der Waals surface area contributed by atoms with E-state index in [1.54, 1.807) is 4.90 Å². The van der Waals surface area contributed by atoms with E-state index in [2.05, 4.69) is 28.1 Å². The molecule has 1 unspecified atom stereocenters. The topological polar surface area (TPSA) is 36.4 Å². The molecule has 1 saturated heterocycles. The maximum atomic E-state index is 12.0. The zero-order chi connectivity index (χ0) is 14.1. The number of nitrogens with zero attached hydrogens (tertiary/aromatic N) is 3. The summed E-state index contributed by atoms with van der Waals surface area (Å²) in [7, 11) is 1.87. The molecule has 0 aliphatic carbocycles. The number of carbonyl (C=O) groups is 1. The van der Waals surface area contributed by atoms with Crippen molar-refractivity contribution in [3.8, 4) is 0 Å². The predicted molar refractivity (Wildman–Crippen MR) is 79.3 cm³/mol. The molecule has 4 heteroatoms. The summed E-state index contributed by atoms with van der Waals surface area (Å²) in [6.45, 7) is 4.39. The fourth-order valence-electron chi connectivity index (χ4n) is 2.68. The van der Waals surface area contributed by atoms with Crippen molar-refractivity contribution in [1.82, 2.24) is 14.8 Å². The van der Waals surface area contributed by atoms with Gasteiger partial charge in [0.15, 0.2) is 0 Å². The summed E-state index contributed by atoms with van der Waals surface area (Å²) in [5, 5.41) is 1.15. The molecule has 2 aromatic rings. The van der Waals surface area contributed by atoms with E-state index in [-0.39, 0.29) is 11.9 Å². The summed E-state index contributed by atoms with van der Waals surface area (Å²) in [4.78, 5) is 20.7. The van der Waals surface area contributed by atoms with Crippen LogP contribution in [0.4, 0.5) is 0 Å². The number of carbonyl (C=O) groups excluding carboxylic acids is 1. The molecule has 1 aromatic carbocycles. The molecule has 0 radical (unpaired) electrons. The molecule has 1 aliphatic rings. The highest BCUT2D eigenvalue weighted by Crippen LogP contribution is 2.16. The van der Waals surface area contributed by atoms with E-state index >= 15 is 0 Å². The molecule has 20 heavy (non-hydrogen) atoms. The van der Waals surface area contributed by atoms with E-state index in [9.17, 15) is 4.79 Å². The molecule has 1 fully saturated rings. The zero-order valence-corrected chi connectivity index (χ0v) is 11.9. The number of benzene rings is 1. The van der Waals surface area contributed by atoms with Gasteiger partial charge in [-0.3, -0.25) is 14.7 Å². The van der Waals surface area contributed by atoms with Gasteiger partial charge in [-0.15, -0.1) is 0 Å². The second-order valence-electron chi connectivity index (χ2n) is 5.40. The first kappa shape index (κ1) is 13.1. The monoisotopic (exact) mass is 269 g/mol. The van der Waals surface area contributed by atoms with Gasteiger partial charge in [0.1, 0.15) is 0 Å². The van der Waals surface area contributed by atoms with Crippen LogP contribution in [0, 0.1) is 0 Å². The van der Waals surface area contributed by atoms with Crippen LogP contribution in [0.3, 0.4) is 0 Å². The highest BCUT2D eigenvalue weighted by Gasteiger charge is 2.29. The second kappa shape index (κ2) is 5.21. The molecule has 0 bridgehead atoms. The van der Waals surface area contributed by atoms with Gasteiger partial charge in [-0.25, -0.2) is 0 Å². The van der Waals surface area contributed by atoms with Crippen molar-refractivity contribution >= 4 is 16.8 Å². The number of rotatable bonds is 2. The second-order valence-corrected chi connectivity index (χ2v) is 5.40. The summed E-state index contributed by atoms with van der Waals surface area (Å²) in [5.41, 5.74) is 2.03. The van der Waals surface area contributed by atoms with Crippen LogP contribution in [0.15, 0.2) is 36.4 Å². The summed E-state index contributed by atoms with van der Waals surface area (Å²) >= 11 is 0. The fraction of sp³-hybridized carbons (Fsp3) is 0.375. The molecule has 1 aliphatic heterocycles. The molecule has 1 amide bonds. The molecule has 0 N–H and O–H groups in total. The number of piperazine rings is 1. The van der Waals surface area contributed by atoms with Crippen molar-refractivity contribution in [2.24, 2.45) is 0 Å². The number of likely N-dealkylation sites (N-methyl/N-ethyl adjacent to an activating group) is 1. The molecule has 3 rings (SSSR count). The average molecular weight is 269 g/mol. The van der Waals surface area contributed by atoms with Gasteiger partial charge >= 0.3 is 0 Å². The third-order valence-electron chi connectivity index (χ3n) is 4.03. The Morgan fingerprint density at radius 1 is 1.20 bits per heavy atom. The molecule has 4 nitrogen and oxygen atoms in total. The maximum absolute atomic E-state index is 12.0. The Morgan fingerprint density at radius 3 is 2.85 bits per heavy atom. The van der Waals surface area contributed by atoms with Gasteiger partial charge in [0.2, 0.25) is 5.91 Å². The third kappa shape index (κ3) is 2.39. The van der Waals surface area contributed by atoms with Gasteiger partial charge in [0.25, 0.3) is 0 Å². The predicted octanol–water partition coefficient (Wildman–Crippen LogP) is 1.90. The molecule has 0 saturated carbocycles. The normalized spacial score (nSPS) is 20.6. The molecule has 2 heterocycles. The Labute approximate surface area is 119 Å². The van der Waals surface area contributed by atoms with Crippen molar-refractivity contribution in [2.45, 2.75) is 19.5 Å². The Hall–Kier alpha value is -1.94. The van der Waals surface area contributed by atoms with Crippen LogP contribution in [0.25, 0.3) is 10.9 Å². The average Bonchev–Trinajstić information content (AvgIpc) is 2.48. The van der Waals surface area contributed by atoms with Crippen molar-refractivity contribution in [1.29, 1.82) is 0 Å². The quantitative estimate of drug-likeness (QED) is 0.835. The van der Waals surface area contributed by atoms with Crippen molar-refractivity contribution < 1.29 is 4.79 Å².